The largest absolute Gasteiger partial charge is 0.492 e. The predicted molar refractivity (Wildman–Crippen MR) is 106 cm³/mol. The minimum atomic E-state index is 0.258. The van der Waals surface area contributed by atoms with Crippen molar-refractivity contribution >= 4 is 11.6 Å². The van der Waals surface area contributed by atoms with Crippen LogP contribution in [0.2, 0.25) is 0 Å². The summed E-state index contributed by atoms with van der Waals surface area (Å²) in [7, 11) is 0. The first-order chi connectivity index (χ1) is 13.2. The second-order valence-corrected chi connectivity index (χ2v) is 7.67. The Balaban J connectivity index is 1.36. The Morgan fingerprint density at radius 2 is 2.00 bits per heavy atom. The van der Waals surface area contributed by atoms with Gasteiger partial charge in [-0.15, -0.1) is 0 Å². The van der Waals surface area contributed by atoms with Gasteiger partial charge in [0.05, 0.1) is 30.2 Å². The SMILES string of the molecule is CC1=NCCn2c1cc1c2-c2ccc(OCCN3CCCC3=O)cc2CC1. The number of fused-ring (bicyclic) bond motifs is 5. The second-order valence-electron chi connectivity index (χ2n) is 7.67. The van der Waals surface area contributed by atoms with Gasteiger partial charge in [-0.1, -0.05) is 0 Å². The maximum atomic E-state index is 11.7. The van der Waals surface area contributed by atoms with Crippen molar-refractivity contribution in [3.05, 3.63) is 41.1 Å². The standard InChI is InChI=1S/C22H25N3O2/c1-15-20-14-17-5-4-16-13-18(27-12-11-24-9-2-3-21(24)26)6-7-19(16)22(17)25(20)10-8-23-15/h6-7,13-14H,2-5,8-12H2,1H3. The number of nitrogens with zero attached hydrogens (tertiary/aromatic N) is 3. The zero-order valence-electron chi connectivity index (χ0n) is 15.8. The van der Waals surface area contributed by atoms with Gasteiger partial charge in [0.25, 0.3) is 0 Å². The Morgan fingerprint density at radius 1 is 1.11 bits per heavy atom. The van der Waals surface area contributed by atoms with Gasteiger partial charge in [-0.25, -0.2) is 0 Å². The maximum Gasteiger partial charge on any atom is 0.222 e. The molecule has 1 aromatic heterocycles. The van der Waals surface area contributed by atoms with Gasteiger partial charge >= 0.3 is 0 Å². The van der Waals surface area contributed by atoms with E-state index < -0.39 is 0 Å². The molecule has 0 unspecified atom stereocenters. The number of benzene rings is 1. The highest BCUT2D eigenvalue weighted by atomic mass is 16.5. The Bertz CT molecular complexity index is 941. The van der Waals surface area contributed by atoms with E-state index in [1.54, 1.807) is 0 Å². The summed E-state index contributed by atoms with van der Waals surface area (Å²) in [5.41, 5.74) is 7.92. The summed E-state index contributed by atoms with van der Waals surface area (Å²) < 4.78 is 8.40. The number of aromatic nitrogens is 1. The van der Waals surface area contributed by atoms with Crippen LogP contribution in [0.3, 0.4) is 0 Å². The van der Waals surface area contributed by atoms with Gasteiger partial charge in [0.15, 0.2) is 0 Å². The van der Waals surface area contributed by atoms with Crippen LogP contribution in [-0.4, -0.2) is 47.3 Å². The monoisotopic (exact) mass is 363 g/mol. The Kier molecular flexibility index (Phi) is 4.03. The maximum absolute atomic E-state index is 11.7. The fourth-order valence-electron chi connectivity index (χ4n) is 4.63. The summed E-state index contributed by atoms with van der Waals surface area (Å²) in [5.74, 6) is 1.17. The van der Waals surface area contributed by atoms with Crippen molar-refractivity contribution in [2.45, 2.75) is 39.2 Å². The van der Waals surface area contributed by atoms with Crippen molar-refractivity contribution in [3.63, 3.8) is 0 Å². The first kappa shape index (κ1) is 16.6. The van der Waals surface area contributed by atoms with E-state index in [2.05, 4.69) is 40.7 Å². The summed E-state index contributed by atoms with van der Waals surface area (Å²) >= 11 is 0. The van der Waals surface area contributed by atoms with Gasteiger partial charge in [-0.2, -0.15) is 0 Å². The molecule has 0 saturated carbocycles. The lowest BCUT2D eigenvalue weighted by molar-refractivity contribution is -0.128. The van der Waals surface area contributed by atoms with E-state index >= 15 is 0 Å². The molecular formula is C22H25N3O2. The Labute approximate surface area is 159 Å². The smallest absolute Gasteiger partial charge is 0.222 e. The number of ether oxygens (including phenoxy) is 1. The molecule has 2 aromatic rings. The van der Waals surface area contributed by atoms with Crippen LogP contribution >= 0.6 is 0 Å². The highest BCUT2D eigenvalue weighted by Crippen LogP contribution is 2.38. The van der Waals surface area contributed by atoms with E-state index in [0.29, 0.717) is 19.6 Å². The summed E-state index contributed by atoms with van der Waals surface area (Å²) in [6.07, 6.45) is 3.78. The number of carbonyl (C=O) groups is 1. The van der Waals surface area contributed by atoms with Gasteiger partial charge in [0, 0.05) is 25.1 Å². The number of amides is 1. The minimum absolute atomic E-state index is 0.258. The average molecular weight is 363 g/mol. The van der Waals surface area contributed by atoms with Crippen molar-refractivity contribution in [2.75, 3.05) is 26.2 Å². The highest BCUT2D eigenvalue weighted by Gasteiger charge is 2.25. The number of aliphatic imine (C=N–C) groups is 1. The van der Waals surface area contributed by atoms with E-state index in [1.807, 2.05) is 4.90 Å². The average Bonchev–Trinajstić information content (AvgIpc) is 3.26. The summed E-state index contributed by atoms with van der Waals surface area (Å²) in [5, 5.41) is 0. The van der Waals surface area contributed by atoms with Crippen molar-refractivity contribution in [3.8, 4) is 17.0 Å². The van der Waals surface area contributed by atoms with Gasteiger partial charge < -0.3 is 14.2 Å². The third-order valence-corrected chi connectivity index (χ3v) is 6.02. The predicted octanol–water partition coefficient (Wildman–Crippen LogP) is 3.08. The molecule has 5 nitrogen and oxygen atoms in total. The van der Waals surface area contributed by atoms with E-state index in [0.717, 1.165) is 50.4 Å². The Hall–Kier alpha value is -2.56. The molecule has 1 aromatic carbocycles. The lowest BCUT2D eigenvalue weighted by atomic mass is 9.90. The molecule has 2 aliphatic heterocycles. The van der Waals surface area contributed by atoms with Crippen LogP contribution in [0.5, 0.6) is 5.75 Å². The van der Waals surface area contributed by atoms with Gasteiger partial charge in [0.2, 0.25) is 5.91 Å². The van der Waals surface area contributed by atoms with Crippen LogP contribution in [0.1, 0.15) is 36.6 Å². The van der Waals surface area contributed by atoms with Crippen LogP contribution < -0.4 is 4.74 Å². The van der Waals surface area contributed by atoms with E-state index in [-0.39, 0.29) is 5.91 Å². The molecule has 5 rings (SSSR count). The molecule has 5 heteroatoms. The molecule has 1 amide bonds. The molecular weight excluding hydrogens is 338 g/mol. The summed E-state index contributed by atoms with van der Waals surface area (Å²) in [6.45, 7) is 6.06. The summed E-state index contributed by atoms with van der Waals surface area (Å²) in [4.78, 5) is 18.2. The van der Waals surface area contributed by atoms with Crippen LogP contribution in [-0.2, 0) is 24.2 Å². The zero-order valence-corrected chi connectivity index (χ0v) is 15.8. The van der Waals surface area contributed by atoms with Crippen LogP contribution in [0.4, 0.5) is 0 Å². The molecule has 3 heterocycles. The number of aryl methyl sites for hydroxylation is 2. The minimum Gasteiger partial charge on any atom is -0.492 e. The lowest BCUT2D eigenvalue weighted by Gasteiger charge is -2.23. The van der Waals surface area contributed by atoms with E-state index in [4.69, 9.17) is 4.74 Å². The first-order valence-electron chi connectivity index (χ1n) is 9.98. The number of rotatable bonds is 4. The number of hydrogen-bond acceptors (Lipinski definition) is 3. The Morgan fingerprint density at radius 3 is 2.85 bits per heavy atom. The molecule has 0 bridgehead atoms. The van der Waals surface area contributed by atoms with E-state index in [1.165, 1.54) is 28.1 Å². The normalized spacial score (nSPS) is 18.0. The molecule has 1 saturated heterocycles. The molecule has 3 aliphatic rings. The molecule has 140 valence electrons. The second kappa shape index (κ2) is 6.55. The van der Waals surface area contributed by atoms with Gasteiger partial charge in [0.1, 0.15) is 12.4 Å². The topological polar surface area (TPSA) is 46.8 Å². The third kappa shape index (κ3) is 2.85. The molecule has 0 N–H and O–H groups in total. The molecule has 0 spiro atoms. The summed E-state index contributed by atoms with van der Waals surface area (Å²) in [6, 6.07) is 8.79. The quantitative estimate of drug-likeness (QED) is 0.838. The van der Waals surface area contributed by atoms with Crippen molar-refractivity contribution in [2.24, 2.45) is 4.99 Å². The van der Waals surface area contributed by atoms with Crippen molar-refractivity contribution in [1.29, 1.82) is 0 Å². The van der Waals surface area contributed by atoms with Crippen molar-refractivity contribution in [1.82, 2.24) is 9.47 Å². The third-order valence-electron chi connectivity index (χ3n) is 6.02. The van der Waals surface area contributed by atoms with Crippen LogP contribution in [0, 0.1) is 0 Å². The fourth-order valence-corrected chi connectivity index (χ4v) is 4.63. The van der Waals surface area contributed by atoms with Crippen LogP contribution in [0.25, 0.3) is 11.3 Å². The van der Waals surface area contributed by atoms with Gasteiger partial charge in [-0.05, 0) is 61.6 Å². The highest BCUT2D eigenvalue weighted by molar-refractivity contribution is 5.99. The van der Waals surface area contributed by atoms with E-state index in [9.17, 15) is 4.79 Å². The molecule has 0 atom stereocenters. The number of hydrogen-bond donors (Lipinski definition) is 0. The fraction of sp³-hybridized carbons (Fsp3) is 0.455. The molecule has 0 radical (unpaired) electrons. The first-order valence-corrected chi connectivity index (χ1v) is 9.98. The van der Waals surface area contributed by atoms with Gasteiger partial charge in [-0.3, -0.25) is 9.79 Å². The number of likely N-dealkylation sites (tertiary alicyclic amines) is 1. The zero-order chi connectivity index (χ0) is 18.4. The van der Waals surface area contributed by atoms with Crippen molar-refractivity contribution < 1.29 is 9.53 Å². The molecule has 1 fully saturated rings. The number of carbonyl (C=O) groups excluding carboxylic acids is 1. The lowest BCUT2D eigenvalue weighted by Crippen LogP contribution is -2.29. The molecule has 1 aliphatic carbocycles. The molecule has 27 heavy (non-hydrogen) atoms. The van der Waals surface area contributed by atoms with Crippen LogP contribution in [0.15, 0.2) is 29.3 Å².